The number of hydrogen-bond donors (Lipinski definition) is 2. The second-order valence-corrected chi connectivity index (χ2v) is 5.46. The summed E-state index contributed by atoms with van der Waals surface area (Å²) in [6, 6.07) is 0. The summed E-state index contributed by atoms with van der Waals surface area (Å²) in [6.45, 7) is 6.63. The van der Waals surface area contributed by atoms with E-state index in [-0.39, 0.29) is 12.2 Å². The smallest absolute Gasteiger partial charge is 0.283 e. The van der Waals surface area contributed by atoms with E-state index in [0.29, 0.717) is 16.7 Å². The van der Waals surface area contributed by atoms with Gasteiger partial charge in [0.2, 0.25) is 0 Å². The molecule has 108 valence electrons. The van der Waals surface area contributed by atoms with Gasteiger partial charge in [0.05, 0.1) is 24.0 Å². The molecule has 0 saturated carbocycles. The number of aliphatic hydroxyl groups excluding tert-OH is 1. The van der Waals surface area contributed by atoms with Crippen molar-refractivity contribution in [2.24, 2.45) is 0 Å². The van der Waals surface area contributed by atoms with Gasteiger partial charge in [-0.05, 0) is 35.2 Å². The summed E-state index contributed by atoms with van der Waals surface area (Å²) in [7, 11) is 0. The van der Waals surface area contributed by atoms with Gasteiger partial charge in [-0.1, -0.05) is 20.8 Å². The first-order chi connectivity index (χ1) is 9.03. The van der Waals surface area contributed by atoms with Crippen LogP contribution in [0, 0.1) is 0 Å². The van der Waals surface area contributed by atoms with Gasteiger partial charge in [-0.3, -0.25) is 4.79 Å². The minimum Gasteiger partial charge on any atom is -0.394 e. The van der Waals surface area contributed by atoms with Crippen molar-refractivity contribution in [2.45, 2.75) is 52.1 Å². The zero-order chi connectivity index (χ0) is 14.5. The maximum Gasteiger partial charge on any atom is 0.283 e. The number of rotatable bonds is 7. The highest BCUT2D eigenvalue weighted by Gasteiger charge is 2.26. The fraction of sp³-hybridized carbons (Fsp3) is 0.692. The van der Waals surface area contributed by atoms with E-state index in [4.69, 9.17) is 0 Å². The van der Waals surface area contributed by atoms with Crippen LogP contribution in [0.1, 0.15) is 40.0 Å². The van der Waals surface area contributed by atoms with Crippen molar-refractivity contribution in [3.63, 3.8) is 0 Å². The van der Waals surface area contributed by atoms with Crippen LogP contribution in [-0.2, 0) is 6.54 Å². The van der Waals surface area contributed by atoms with Gasteiger partial charge in [0, 0.05) is 6.54 Å². The molecular weight excluding hydrogens is 310 g/mol. The van der Waals surface area contributed by atoms with Crippen LogP contribution in [0.5, 0.6) is 0 Å². The topological polar surface area (TPSA) is 67.2 Å². The Morgan fingerprint density at radius 1 is 1.42 bits per heavy atom. The Morgan fingerprint density at radius 3 is 2.53 bits per heavy atom. The third-order valence-electron chi connectivity index (χ3n) is 3.48. The van der Waals surface area contributed by atoms with Crippen LogP contribution < -0.4 is 10.9 Å². The zero-order valence-electron chi connectivity index (χ0n) is 11.7. The van der Waals surface area contributed by atoms with E-state index in [9.17, 15) is 9.90 Å². The molecule has 0 aliphatic carbocycles. The molecule has 1 aromatic heterocycles. The molecule has 0 bridgehead atoms. The highest BCUT2D eigenvalue weighted by molar-refractivity contribution is 9.10. The molecule has 2 N–H and O–H groups in total. The van der Waals surface area contributed by atoms with Crippen LogP contribution in [-0.4, -0.2) is 27.0 Å². The lowest BCUT2D eigenvalue weighted by Crippen LogP contribution is -2.41. The lowest BCUT2D eigenvalue weighted by Gasteiger charge is -2.32. The highest BCUT2D eigenvalue weighted by atomic mass is 79.9. The van der Waals surface area contributed by atoms with E-state index in [0.717, 1.165) is 19.3 Å². The predicted molar refractivity (Wildman–Crippen MR) is 80.5 cm³/mol. The largest absolute Gasteiger partial charge is 0.394 e. The van der Waals surface area contributed by atoms with Gasteiger partial charge in [-0.15, -0.1) is 0 Å². The fourth-order valence-electron chi connectivity index (χ4n) is 1.90. The Hall–Kier alpha value is -0.880. The molecule has 0 aliphatic rings. The van der Waals surface area contributed by atoms with Gasteiger partial charge >= 0.3 is 0 Å². The number of nitrogens with one attached hydrogen (secondary N) is 1. The molecule has 0 amide bonds. The number of aromatic nitrogens is 2. The average molecular weight is 332 g/mol. The van der Waals surface area contributed by atoms with Crippen molar-refractivity contribution in [2.75, 3.05) is 11.9 Å². The third kappa shape index (κ3) is 3.57. The molecule has 1 heterocycles. The van der Waals surface area contributed by atoms with Gasteiger partial charge in [0.25, 0.3) is 5.56 Å². The van der Waals surface area contributed by atoms with Crippen molar-refractivity contribution >= 4 is 21.6 Å². The van der Waals surface area contributed by atoms with Gasteiger partial charge in [0.1, 0.15) is 4.47 Å². The Balaban J connectivity index is 3.09. The minimum atomic E-state index is -0.409. The van der Waals surface area contributed by atoms with Crippen LogP contribution in [0.15, 0.2) is 15.5 Å². The quantitative estimate of drug-likeness (QED) is 0.804. The molecule has 5 nitrogen and oxygen atoms in total. The number of halogens is 1. The summed E-state index contributed by atoms with van der Waals surface area (Å²) in [5.74, 6) is 0. The molecule has 0 aromatic carbocycles. The van der Waals surface area contributed by atoms with Gasteiger partial charge in [-0.25, -0.2) is 4.68 Å². The van der Waals surface area contributed by atoms with Crippen LogP contribution in [0.2, 0.25) is 0 Å². The first-order valence-electron chi connectivity index (χ1n) is 6.68. The Labute approximate surface area is 122 Å². The molecular formula is C13H22BrN3O2. The summed E-state index contributed by atoms with van der Waals surface area (Å²) in [4.78, 5) is 12.1. The second-order valence-electron chi connectivity index (χ2n) is 4.67. The van der Waals surface area contributed by atoms with Crippen LogP contribution in [0.4, 0.5) is 5.69 Å². The lowest BCUT2D eigenvalue weighted by atomic mass is 9.93. The molecule has 0 atom stereocenters. The monoisotopic (exact) mass is 331 g/mol. The van der Waals surface area contributed by atoms with E-state index in [1.807, 2.05) is 20.8 Å². The zero-order valence-corrected chi connectivity index (χ0v) is 13.3. The molecule has 19 heavy (non-hydrogen) atoms. The standard InChI is InChI=1S/C13H22BrN3O2/c1-4-7-17-12(19)11(14)10(8-15-17)16-13(5-2,6-3)9-18/h8,16,18H,4-7,9H2,1-3H3. The average Bonchev–Trinajstić information content (AvgIpc) is 2.44. The normalized spacial score (nSPS) is 11.6. The van der Waals surface area contributed by atoms with E-state index in [2.05, 4.69) is 26.3 Å². The number of aryl methyl sites for hydroxylation is 1. The number of hydrogen-bond acceptors (Lipinski definition) is 4. The fourth-order valence-corrected chi connectivity index (χ4v) is 2.31. The molecule has 1 rings (SSSR count). The van der Waals surface area contributed by atoms with E-state index < -0.39 is 5.54 Å². The maximum atomic E-state index is 12.1. The molecule has 1 aromatic rings. The van der Waals surface area contributed by atoms with Gasteiger partial charge in [0.15, 0.2) is 0 Å². The van der Waals surface area contributed by atoms with Crippen LogP contribution in [0.3, 0.4) is 0 Å². The summed E-state index contributed by atoms with van der Waals surface area (Å²) in [5.41, 5.74) is 0.0779. The van der Waals surface area contributed by atoms with E-state index in [1.165, 1.54) is 4.68 Å². The Bertz CT molecular complexity index is 461. The summed E-state index contributed by atoms with van der Waals surface area (Å²) < 4.78 is 1.91. The highest BCUT2D eigenvalue weighted by Crippen LogP contribution is 2.25. The van der Waals surface area contributed by atoms with Gasteiger partial charge < -0.3 is 10.4 Å². The number of aliphatic hydroxyl groups is 1. The van der Waals surface area contributed by atoms with Crippen molar-refractivity contribution in [1.29, 1.82) is 0 Å². The minimum absolute atomic E-state index is 0.0183. The van der Waals surface area contributed by atoms with Crippen molar-refractivity contribution in [3.8, 4) is 0 Å². The number of anilines is 1. The summed E-state index contributed by atoms with van der Waals surface area (Å²) in [6.07, 6.45) is 4.03. The number of nitrogens with zero attached hydrogens (tertiary/aromatic N) is 2. The Morgan fingerprint density at radius 2 is 2.05 bits per heavy atom. The molecule has 0 spiro atoms. The molecule has 0 aliphatic heterocycles. The van der Waals surface area contributed by atoms with Crippen molar-refractivity contribution in [1.82, 2.24) is 9.78 Å². The van der Waals surface area contributed by atoms with Gasteiger partial charge in [-0.2, -0.15) is 5.10 Å². The SMILES string of the molecule is CCCn1ncc(NC(CC)(CC)CO)c(Br)c1=O. The summed E-state index contributed by atoms with van der Waals surface area (Å²) >= 11 is 3.32. The lowest BCUT2D eigenvalue weighted by molar-refractivity contribution is 0.202. The van der Waals surface area contributed by atoms with Crippen molar-refractivity contribution in [3.05, 3.63) is 21.0 Å². The first-order valence-corrected chi connectivity index (χ1v) is 7.47. The van der Waals surface area contributed by atoms with E-state index >= 15 is 0 Å². The summed E-state index contributed by atoms with van der Waals surface area (Å²) in [5, 5.41) is 16.9. The predicted octanol–water partition coefficient (Wildman–Crippen LogP) is 2.38. The maximum absolute atomic E-state index is 12.1. The van der Waals surface area contributed by atoms with E-state index in [1.54, 1.807) is 6.20 Å². The van der Waals surface area contributed by atoms with Crippen molar-refractivity contribution < 1.29 is 5.11 Å². The van der Waals surface area contributed by atoms with Crippen LogP contribution >= 0.6 is 15.9 Å². The van der Waals surface area contributed by atoms with Crippen LogP contribution in [0.25, 0.3) is 0 Å². The molecule has 0 fully saturated rings. The third-order valence-corrected chi connectivity index (χ3v) is 4.24. The molecule has 0 unspecified atom stereocenters. The molecule has 6 heteroatoms. The first kappa shape index (κ1) is 16.2. The Kier molecular flexibility index (Phi) is 6.00. The molecule has 0 saturated heterocycles. The second kappa shape index (κ2) is 7.05. The molecule has 0 radical (unpaired) electrons.